The summed E-state index contributed by atoms with van der Waals surface area (Å²) in [4.78, 5) is 1.33. The largest absolute Gasteiger partial charge is 0.310 e. The van der Waals surface area contributed by atoms with Crippen LogP contribution < -0.4 is 4.90 Å². The van der Waals surface area contributed by atoms with E-state index in [1.807, 2.05) is 133 Å². The number of nitrogens with zero attached hydrogens (tertiary/aromatic N) is 1. The van der Waals surface area contributed by atoms with E-state index in [1.165, 1.54) is 4.90 Å². The normalized spacial score (nSPS) is 14.1. The van der Waals surface area contributed by atoms with Gasteiger partial charge in [-0.25, -0.2) is 0 Å². The molecule has 0 amide bonds. The molecule has 1 nitrogen and oxygen atoms in total. The van der Waals surface area contributed by atoms with Gasteiger partial charge >= 0.3 is 0 Å². The van der Waals surface area contributed by atoms with Crippen molar-refractivity contribution in [2.75, 3.05) is 4.90 Å². The van der Waals surface area contributed by atoms with Crippen molar-refractivity contribution in [3.63, 3.8) is 0 Å². The maximum absolute atomic E-state index is 9.78. The summed E-state index contributed by atoms with van der Waals surface area (Å²) in [5, 5.41) is 6.64. The van der Waals surface area contributed by atoms with Gasteiger partial charge in [0.05, 0.1) is 18.0 Å². The first-order valence-corrected chi connectivity index (χ1v) is 15.5. The van der Waals surface area contributed by atoms with E-state index in [2.05, 4.69) is 0 Å². The van der Waals surface area contributed by atoms with Gasteiger partial charge in [0.15, 0.2) is 0 Å². The van der Waals surface area contributed by atoms with Crippen LogP contribution in [0.15, 0.2) is 188 Å². The molecule has 0 heterocycles. The lowest BCUT2D eigenvalue weighted by Gasteiger charge is -2.28. The number of para-hydroxylation sites is 1. The van der Waals surface area contributed by atoms with Crippen molar-refractivity contribution in [2.24, 2.45) is 0 Å². The molecule has 0 atom stereocenters. The smallest absolute Gasteiger partial charge is 0.0645 e. The fraction of sp³-hybridized carbons (Fsp3) is 0. The summed E-state index contributed by atoms with van der Waals surface area (Å²) >= 11 is 0. The highest BCUT2D eigenvalue weighted by molar-refractivity contribution is 6.21. The van der Waals surface area contributed by atoms with Crippen LogP contribution in [-0.4, -0.2) is 0 Å². The van der Waals surface area contributed by atoms with E-state index in [0.29, 0.717) is 16.6 Å². The third kappa shape index (κ3) is 4.56. The van der Waals surface area contributed by atoms with Gasteiger partial charge in [-0.05, 0) is 90.2 Å². The minimum absolute atomic E-state index is 0.0916. The summed E-state index contributed by atoms with van der Waals surface area (Å²) in [7, 11) is 0. The highest BCUT2D eigenvalue weighted by Crippen LogP contribution is 2.46. The molecule has 9 rings (SSSR count). The SMILES string of the molecule is [2H]c1c([2H])c([2H])c(N(c2c([2H])c([2H])c(-c3c(-c4ccccc4)c4ccccc4c4ccccc34)c([2H])c2[2H])c2cc3ccccc3c3ccccc23)c([2H])c1[2H]. The number of benzene rings is 9. The predicted octanol–water partition coefficient (Wildman–Crippen LogP) is 13.1. The van der Waals surface area contributed by atoms with Crippen LogP contribution in [0.3, 0.4) is 0 Å². The molecule has 0 bridgehead atoms. The fourth-order valence-corrected chi connectivity index (χ4v) is 6.78. The Hall–Kier alpha value is -6.18. The first-order valence-electron chi connectivity index (χ1n) is 20.0. The minimum atomic E-state index is -0.585. The third-order valence-electron chi connectivity index (χ3n) is 8.78. The van der Waals surface area contributed by atoms with Crippen molar-refractivity contribution in [1.29, 1.82) is 0 Å². The second-order valence-electron chi connectivity index (χ2n) is 11.4. The summed E-state index contributed by atoms with van der Waals surface area (Å²) in [5.74, 6) is 0. The summed E-state index contributed by atoms with van der Waals surface area (Å²) in [6.07, 6.45) is 0. The molecule has 1 heteroatoms. The zero-order valence-electron chi connectivity index (χ0n) is 34.1. The van der Waals surface area contributed by atoms with Crippen LogP contribution in [0.5, 0.6) is 0 Å². The number of rotatable bonds is 5. The zero-order valence-corrected chi connectivity index (χ0v) is 25.1. The molecule has 0 unspecified atom stereocenters. The van der Waals surface area contributed by atoms with Crippen LogP contribution in [0.1, 0.15) is 12.3 Å². The first-order chi connectivity index (χ1) is 27.1. The molecule has 47 heavy (non-hydrogen) atoms. The van der Waals surface area contributed by atoms with Crippen LogP contribution in [0.4, 0.5) is 17.1 Å². The molecule has 9 aromatic carbocycles. The van der Waals surface area contributed by atoms with Gasteiger partial charge in [-0.2, -0.15) is 0 Å². The standard InChI is InChI=1S/C46H31N/c1-3-15-32(16-4-1)45-42-25-13-10-22-39(42)40-23-11-14-26-43(40)46(45)33-27-29-36(30-28-33)47(35-18-5-2-6-19-35)44-31-34-17-7-8-20-37(34)38-21-9-12-24-41(38)44/h1-31H/i2D,5D,6D,18D,19D,27D,28D,29D,30D. The Bertz CT molecular complexity index is 3030. The predicted molar refractivity (Wildman–Crippen MR) is 202 cm³/mol. The van der Waals surface area contributed by atoms with Crippen LogP contribution in [0.2, 0.25) is 0 Å². The van der Waals surface area contributed by atoms with Crippen LogP contribution in [0.25, 0.3) is 65.3 Å². The fourth-order valence-electron chi connectivity index (χ4n) is 6.78. The molecule has 0 aliphatic rings. The van der Waals surface area contributed by atoms with E-state index in [9.17, 15) is 5.48 Å². The topological polar surface area (TPSA) is 3.24 Å². The average molecular weight is 607 g/mol. The van der Waals surface area contributed by atoms with Crippen LogP contribution in [0, 0.1) is 0 Å². The van der Waals surface area contributed by atoms with Gasteiger partial charge < -0.3 is 4.90 Å². The van der Waals surface area contributed by atoms with Crippen molar-refractivity contribution in [1.82, 2.24) is 0 Å². The summed E-state index contributed by atoms with van der Waals surface area (Å²) < 4.78 is 83.0. The molecular weight excluding hydrogens is 567 g/mol. The summed E-state index contributed by atoms with van der Waals surface area (Å²) in [5.41, 5.74) is 2.05. The zero-order chi connectivity index (χ0) is 39.0. The lowest BCUT2D eigenvalue weighted by molar-refractivity contribution is 1.30. The van der Waals surface area contributed by atoms with Crippen LogP contribution in [-0.2, 0) is 0 Å². The number of anilines is 3. The van der Waals surface area contributed by atoms with Gasteiger partial charge in [0, 0.05) is 16.8 Å². The summed E-state index contributed by atoms with van der Waals surface area (Å²) in [6, 6.07) is 38.0. The molecule has 0 radical (unpaired) electrons. The van der Waals surface area contributed by atoms with Gasteiger partial charge in [-0.1, -0.05) is 158 Å². The Morgan fingerprint density at radius 2 is 0.830 bits per heavy atom. The number of hydrogen-bond donors (Lipinski definition) is 0. The third-order valence-corrected chi connectivity index (χ3v) is 8.78. The van der Waals surface area contributed by atoms with E-state index in [-0.39, 0.29) is 29.0 Å². The maximum Gasteiger partial charge on any atom is 0.0645 e. The van der Waals surface area contributed by atoms with E-state index in [4.69, 9.17) is 6.85 Å². The van der Waals surface area contributed by atoms with E-state index >= 15 is 0 Å². The molecule has 0 fully saturated rings. The Morgan fingerprint density at radius 1 is 0.362 bits per heavy atom. The molecule has 9 aromatic rings. The number of hydrogen-bond acceptors (Lipinski definition) is 1. The van der Waals surface area contributed by atoms with Crippen LogP contribution >= 0.6 is 0 Å². The lowest BCUT2D eigenvalue weighted by atomic mass is 9.85. The van der Waals surface area contributed by atoms with Gasteiger partial charge in [0.1, 0.15) is 0 Å². The second-order valence-corrected chi connectivity index (χ2v) is 11.4. The highest BCUT2D eigenvalue weighted by Gasteiger charge is 2.20. The molecule has 0 saturated heterocycles. The van der Waals surface area contributed by atoms with E-state index in [1.54, 1.807) is 0 Å². The van der Waals surface area contributed by atoms with E-state index < -0.39 is 42.3 Å². The Morgan fingerprint density at radius 3 is 1.47 bits per heavy atom. The second kappa shape index (κ2) is 11.3. The Balaban J connectivity index is 1.45. The van der Waals surface area contributed by atoms with Crippen molar-refractivity contribution in [2.45, 2.75) is 0 Å². The number of fused-ring (bicyclic) bond motifs is 6. The van der Waals surface area contributed by atoms with Crippen molar-refractivity contribution < 1.29 is 12.3 Å². The molecule has 0 aliphatic heterocycles. The van der Waals surface area contributed by atoms with Gasteiger partial charge in [-0.3, -0.25) is 0 Å². The molecule has 0 spiro atoms. The first kappa shape index (κ1) is 19.4. The summed E-state index contributed by atoms with van der Waals surface area (Å²) in [6.45, 7) is 0. The Labute approximate surface area is 287 Å². The van der Waals surface area contributed by atoms with Gasteiger partial charge in [0.2, 0.25) is 0 Å². The van der Waals surface area contributed by atoms with Gasteiger partial charge in [-0.15, -0.1) is 0 Å². The molecule has 220 valence electrons. The van der Waals surface area contributed by atoms with Crippen molar-refractivity contribution in [3.05, 3.63) is 188 Å². The quantitative estimate of drug-likeness (QED) is 0.176. The molecule has 0 N–H and O–H groups in total. The van der Waals surface area contributed by atoms with Crippen molar-refractivity contribution in [3.8, 4) is 22.3 Å². The lowest BCUT2D eigenvalue weighted by Crippen LogP contribution is -2.10. The van der Waals surface area contributed by atoms with Gasteiger partial charge in [0.25, 0.3) is 0 Å². The molecule has 0 saturated carbocycles. The van der Waals surface area contributed by atoms with Crippen molar-refractivity contribution >= 4 is 60.2 Å². The maximum atomic E-state index is 9.78. The highest BCUT2D eigenvalue weighted by atomic mass is 15.1. The monoisotopic (exact) mass is 606 g/mol. The minimum Gasteiger partial charge on any atom is -0.310 e. The Kier molecular flexibility index (Phi) is 4.66. The molecule has 0 aromatic heterocycles. The molecule has 0 aliphatic carbocycles. The van der Waals surface area contributed by atoms with E-state index in [0.717, 1.165) is 48.8 Å². The molecular formula is C46H31N. The average Bonchev–Trinajstić information content (AvgIpc) is 3.24.